The number of anilines is 4. The lowest BCUT2D eigenvalue weighted by Crippen LogP contribution is -2.14. The fourth-order valence-electron chi connectivity index (χ4n) is 3.98. The summed E-state index contributed by atoms with van der Waals surface area (Å²) in [5, 5.41) is 20.6. The molecule has 0 aliphatic heterocycles. The van der Waals surface area contributed by atoms with Crippen molar-refractivity contribution < 1.29 is 14.3 Å². The minimum absolute atomic E-state index is 0.0480. The smallest absolute Gasteiger partial charge is 0.263 e. The highest BCUT2D eigenvalue weighted by atomic mass is 16.5. The molecule has 2 heterocycles. The van der Waals surface area contributed by atoms with Gasteiger partial charge in [0.15, 0.2) is 11.5 Å². The summed E-state index contributed by atoms with van der Waals surface area (Å²) >= 11 is 0. The van der Waals surface area contributed by atoms with Crippen LogP contribution in [-0.2, 0) is 0 Å². The number of aromatic nitrogens is 3. The first-order chi connectivity index (χ1) is 18.5. The van der Waals surface area contributed by atoms with Crippen LogP contribution in [-0.4, -0.2) is 34.7 Å². The lowest BCUT2D eigenvalue weighted by Gasteiger charge is -2.10. The van der Waals surface area contributed by atoms with E-state index < -0.39 is 5.91 Å². The SMILES string of the molecule is COc1ccc(Nc2nn3c(N)c(C#N)c(-c4cccc(OC)c4)nc3c2C(=O)Nc2ccccc2)cc1. The van der Waals surface area contributed by atoms with Gasteiger partial charge in [-0.05, 0) is 48.5 Å². The van der Waals surface area contributed by atoms with Crippen molar-refractivity contribution >= 4 is 34.6 Å². The molecule has 0 spiro atoms. The van der Waals surface area contributed by atoms with E-state index in [2.05, 4.69) is 21.8 Å². The normalized spacial score (nSPS) is 10.6. The zero-order chi connectivity index (χ0) is 26.6. The number of nitrogen functional groups attached to an aromatic ring is 1. The van der Waals surface area contributed by atoms with Gasteiger partial charge >= 0.3 is 0 Å². The second-order valence-electron chi connectivity index (χ2n) is 8.20. The average molecular weight is 506 g/mol. The Labute approximate surface area is 218 Å². The first-order valence-corrected chi connectivity index (χ1v) is 11.6. The fourth-order valence-corrected chi connectivity index (χ4v) is 3.98. The third kappa shape index (κ3) is 4.52. The molecule has 0 bridgehead atoms. The Balaban J connectivity index is 1.71. The van der Waals surface area contributed by atoms with Crippen molar-refractivity contribution in [3.8, 4) is 28.8 Å². The lowest BCUT2D eigenvalue weighted by molar-refractivity contribution is 0.102. The van der Waals surface area contributed by atoms with Crippen molar-refractivity contribution in [2.75, 3.05) is 30.6 Å². The number of benzene rings is 3. The first kappa shape index (κ1) is 24.1. The van der Waals surface area contributed by atoms with Crippen LogP contribution in [0.2, 0.25) is 0 Å². The number of fused-ring (bicyclic) bond motifs is 1. The molecule has 38 heavy (non-hydrogen) atoms. The Hall–Kier alpha value is -5.56. The second kappa shape index (κ2) is 10.2. The van der Waals surface area contributed by atoms with Gasteiger partial charge in [-0.15, -0.1) is 5.10 Å². The molecule has 0 unspecified atom stereocenters. The number of nitrogens with two attached hydrogens (primary N) is 1. The van der Waals surface area contributed by atoms with Gasteiger partial charge in [-0.2, -0.15) is 9.78 Å². The third-order valence-corrected chi connectivity index (χ3v) is 5.87. The number of carbonyl (C=O) groups is 1. The van der Waals surface area contributed by atoms with Crippen LogP contribution in [0.15, 0.2) is 78.9 Å². The van der Waals surface area contributed by atoms with Crippen molar-refractivity contribution in [3.05, 3.63) is 90.0 Å². The number of nitriles is 1. The van der Waals surface area contributed by atoms with E-state index in [-0.39, 0.29) is 28.4 Å². The number of carbonyl (C=O) groups excluding carboxylic acids is 1. The van der Waals surface area contributed by atoms with E-state index in [1.165, 1.54) is 4.52 Å². The molecular weight excluding hydrogens is 482 g/mol. The molecule has 5 rings (SSSR count). The van der Waals surface area contributed by atoms with Crippen molar-refractivity contribution in [1.82, 2.24) is 14.6 Å². The van der Waals surface area contributed by atoms with Gasteiger partial charge in [-0.25, -0.2) is 4.98 Å². The summed E-state index contributed by atoms with van der Waals surface area (Å²) < 4.78 is 11.9. The van der Waals surface area contributed by atoms with E-state index in [0.29, 0.717) is 34.1 Å². The number of hydrogen-bond acceptors (Lipinski definition) is 8. The predicted octanol–water partition coefficient (Wildman–Crippen LogP) is 4.86. The van der Waals surface area contributed by atoms with Gasteiger partial charge < -0.3 is 25.8 Å². The summed E-state index contributed by atoms with van der Waals surface area (Å²) in [4.78, 5) is 18.4. The minimum atomic E-state index is -0.449. The van der Waals surface area contributed by atoms with Crippen LogP contribution in [0, 0.1) is 11.3 Å². The van der Waals surface area contributed by atoms with Crippen LogP contribution in [0.5, 0.6) is 11.5 Å². The molecule has 0 atom stereocenters. The number of hydrogen-bond donors (Lipinski definition) is 3. The monoisotopic (exact) mass is 505 g/mol. The topological polar surface area (TPSA) is 140 Å². The quantitative estimate of drug-likeness (QED) is 0.285. The van der Waals surface area contributed by atoms with Crippen molar-refractivity contribution in [3.63, 3.8) is 0 Å². The summed E-state index contributed by atoms with van der Waals surface area (Å²) in [7, 11) is 3.13. The number of nitrogens with zero attached hydrogens (tertiary/aromatic N) is 4. The van der Waals surface area contributed by atoms with Crippen molar-refractivity contribution in [2.24, 2.45) is 0 Å². The minimum Gasteiger partial charge on any atom is -0.497 e. The number of rotatable bonds is 7. The van der Waals surface area contributed by atoms with Crippen molar-refractivity contribution in [2.45, 2.75) is 0 Å². The Morgan fingerprint density at radius 3 is 2.37 bits per heavy atom. The highest BCUT2D eigenvalue weighted by molar-refractivity contribution is 6.12. The first-order valence-electron chi connectivity index (χ1n) is 11.6. The number of amides is 1. The molecule has 0 radical (unpaired) electrons. The van der Waals surface area contributed by atoms with Gasteiger partial charge in [0.1, 0.15) is 34.5 Å². The van der Waals surface area contributed by atoms with E-state index in [1.54, 1.807) is 74.9 Å². The highest BCUT2D eigenvalue weighted by Gasteiger charge is 2.26. The molecule has 0 saturated carbocycles. The van der Waals surface area contributed by atoms with Gasteiger partial charge in [0, 0.05) is 16.9 Å². The number of nitrogens with one attached hydrogen (secondary N) is 2. The molecule has 10 heteroatoms. The maximum Gasteiger partial charge on any atom is 0.263 e. The van der Waals surface area contributed by atoms with Crippen molar-refractivity contribution in [1.29, 1.82) is 5.26 Å². The van der Waals surface area contributed by atoms with Gasteiger partial charge in [0.25, 0.3) is 5.91 Å². The molecule has 0 aliphatic carbocycles. The van der Waals surface area contributed by atoms with E-state index in [1.807, 2.05) is 18.2 Å². The number of ether oxygens (including phenoxy) is 2. The summed E-state index contributed by atoms with van der Waals surface area (Å²) in [6, 6.07) is 25.4. The van der Waals surface area contributed by atoms with Gasteiger partial charge in [-0.1, -0.05) is 30.3 Å². The molecule has 3 aromatic carbocycles. The van der Waals surface area contributed by atoms with E-state index >= 15 is 0 Å². The summed E-state index contributed by atoms with van der Waals surface area (Å²) in [5.74, 6) is 1.08. The molecule has 0 fully saturated rings. The Morgan fingerprint density at radius 2 is 1.68 bits per heavy atom. The molecule has 4 N–H and O–H groups in total. The zero-order valence-electron chi connectivity index (χ0n) is 20.6. The molecule has 1 amide bonds. The van der Waals surface area contributed by atoms with Crippen LogP contribution in [0.4, 0.5) is 23.0 Å². The maximum atomic E-state index is 13.6. The molecule has 5 aromatic rings. The van der Waals surface area contributed by atoms with Crippen LogP contribution in [0.3, 0.4) is 0 Å². The number of para-hydroxylation sites is 1. The number of methoxy groups -OCH3 is 2. The third-order valence-electron chi connectivity index (χ3n) is 5.87. The molecule has 0 aliphatic rings. The lowest BCUT2D eigenvalue weighted by atomic mass is 10.1. The van der Waals surface area contributed by atoms with Gasteiger partial charge in [0.2, 0.25) is 0 Å². The van der Waals surface area contributed by atoms with Crippen LogP contribution in [0.1, 0.15) is 15.9 Å². The molecule has 10 nitrogen and oxygen atoms in total. The largest absolute Gasteiger partial charge is 0.497 e. The fraction of sp³-hybridized carbons (Fsp3) is 0.0714. The molecular formula is C28H23N7O3. The van der Waals surface area contributed by atoms with Gasteiger partial charge in [0.05, 0.1) is 19.9 Å². The summed E-state index contributed by atoms with van der Waals surface area (Å²) in [5.41, 5.74) is 9.08. The van der Waals surface area contributed by atoms with Gasteiger partial charge in [-0.3, -0.25) is 4.79 Å². The summed E-state index contributed by atoms with van der Waals surface area (Å²) in [6.07, 6.45) is 0. The molecule has 188 valence electrons. The Morgan fingerprint density at radius 1 is 0.947 bits per heavy atom. The van der Waals surface area contributed by atoms with Crippen LogP contribution in [0.25, 0.3) is 16.9 Å². The Kier molecular flexibility index (Phi) is 6.48. The maximum absolute atomic E-state index is 13.6. The summed E-state index contributed by atoms with van der Waals surface area (Å²) in [6.45, 7) is 0. The second-order valence-corrected chi connectivity index (χ2v) is 8.20. The average Bonchev–Trinajstić information content (AvgIpc) is 3.32. The molecule has 0 saturated heterocycles. The van der Waals surface area contributed by atoms with Crippen LogP contribution < -0.4 is 25.8 Å². The van der Waals surface area contributed by atoms with E-state index in [0.717, 1.165) is 0 Å². The molecule has 2 aromatic heterocycles. The Bertz CT molecular complexity index is 1670. The standard InChI is InChI=1S/C28H23N7O3/c1-37-20-13-11-19(12-14-20)31-26-23(28(36)32-18-8-4-3-5-9-18)27-33-24(17-7-6-10-21(15-17)38-2)22(16-29)25(30)35(27)34-26/h3-15H,30H2,1-2H3,(H,31,34)(H,32,36). The predicted molar refractivity (Wildman–Crippen MR) is 145 cm³/mol. The van der Waals surface area contributed by atoms with Crippen LogP contribution >= 0.6 is 0 Å². The highest BCUT2D eigenvalue weighted by Crippen LogP contribution is 2.33. The zero-order valence-corrected chi connectivity index (χ0v) is 20.6. The van der Waals surface area contributed by atoms with E-state index in [9.17, 15) is 10.1 Å². The van der Waals surface area contributed by atoms with E-state index in [4.69, 9.17) is 20.2 Å².